The summed E-state index contributed by atoms with van der Waals surface area (Å²) in [7, 11) is 1.53. The second-order valence-electron chi connectivity index (χ2n) is 10.6. The van der Waals surface area contributed by atoms with Crippen molar-refractivity contribution < 1.29 is 28.7 Å². The van der Waals surface area contributed by atoms with Gasteiger partial charge in [-0.1, -0.05) is 76.6 Å². The molecule has 0 saturated carbocycles. The van der Waals surface area contributed by atoms with Crippen LogP contribution in [0.5, 0.6) is 5.75 Å². The number of ketones is 1. The van der Waals surface area contributed by atoms with Gasteiger partial charge in [-0.25, -0.2) is 9.69 Å². The van der Waals surface area contributed by atoms with Crippen LogP contribution in [-0.2, 0) is 18.7 Å². The van der Waals surface area contributed by atoms with Crippen molar-refractivity contribution in [3.05, 3.63) is 130 Å². The predicted molar refractivity (Wildman–Crippen MR) is 158 cm³/mol. The quantitative estimate of drug-likeness (QED) is 0.120. The maximum atomic E-state index is 14.3. The van der Waals surface area contributed by atoms with Gasteiger partial charge in [-0.3, -0.25) is 14.4 Å². The lowest BCUT2D eigenvalue weighted by Crippen LogP contribution is -2.50. The second kappa shape index (κ2) is 9.77. The molecule has 1 aliphatic heterocycles. The smallest absolute Gasteiger partial charge is 0.340 e. The largest absolute Gasteiger partial charge is 0.497 e. The average Bonchev–Trinajstić information content (AvgIpc) is 3.30. The summed E-state index contributed by atoms with van der Waals surface area (Å²) in [4.78, 5) is 55.7. The van der Waals surface area contributed by atoms with Crippen molar-refractivity contribution in [1.82, 2.24) is 0 Å². The van der Waals surface area contributed by atoms with E-state index in [2.05, 4.69) is 15.9 Å². The van der Waals surface area contributed by atoms with E-state index in [0.717, 1.165) is 27.2 Å². The molecular weight excluding hydrogens is 598 g/mol. The zero-order valence-electron chi connectivity index (χ0n) is 22.5. The standard InChI is InChI=1S/C34H24BrNO6/c1-41-20-16-14-19(15-17-20)27(37)18-42-33(40)23-10-4-7-13-26(23)36-31(38)29-28-21-8-2-5-11-24(21)34(35,30(29)32(36)39)25-12-6-3-9-22(25)28/h2-17,28-30H,18H2,1H3/t28?,29-,30-,34?/m0/s1. The third kappa shape index (κ3) is 3.64. The number of hydrogen-bond acceptors (Lipinski definition) is 6. The lowest BCUT2D eigenvalue weighted by molar-refractivity contribution is -0.122. The van der Waals surface area contributed by atoms with Gasteiger partial charge in [0.05, 0.1) is 34.5 Å². The van der Waals surface area contributed by atoms with Crippen molar-refractivity contribution in [2.75, 3.05) is 18.6 Å². The molecule has 0 aromatic heterocycles. The van der Waals surface area contributed by atoms with Gasteiger partial charge in [-0.2, -0.15) is 0 Å². The number of halogens is 1. The van der Waals surface area contributed by atoms with Crippen molar-refractivity contribution in [1.29, 1.82) is 0 Å². The predicted octanol–water partition coefficient (Wildman–Crippen LogP) is 5.64. The fourth-order valence-electron chi connectivity index (χ4n) is 6.83. The van der Waals surface area contributed by atoms with Gasteiger partial charge in [-0.15, -0.1) is 0 Å². The SMILES string of the molecule is COc1ccc(C(=O)COC(=O)c2ccccc2N2C(=O)[C@@H]3[C@@H](C2=O)C2c4ccccc4C3(Br)c3ccccc32)cc1. The molecule has 42 heavy (non-hydrogen) atoms. The second-order valence-corrected chi connectivity index (χ2v) is 11.9. The molecule has 8 heteroatoms. The van der Waals surface area contributed by atoms with Crippen molar-refractivity contribution in [3.63, 3.8) is 0 Å². The highest BCUT2D eigenvalue weighted by atomic mass is 79.9. The van der Waals surface area contributed by atoms with Gasteiger partial charge in [0.2, 0.25) is 11.8 Å². The first-order valence-corrected chi connectivity index (χ1v) is 14.3. The number of amides is 2. The molecule has 4 aromatic carbocycles. The summed E-state index contributed by atoms with van der Waals surface area (Å²) in [5.41, 5.74) is 4.52. The summed E-state index contributed by atoms with van der Waals surface area (Å²) in [5.74, 6) is -3.00. The highest BCUT2D eigenvalue weighted by molar-refractivity contribution is 9.09. The fraction of sp³-hybridized carbons (Fsp3) is 0.176. The number of carbonyl (C=O) groups is 4. The molecule has 0 spiro atoms. The zero-order valence-corrected chi connectivity index (χ0v) is 24.0. The number of para-hydroxylation sites is 1. The normalized spacial score (nSPS) is 23.2. The van der Waals surface area contributed by atoms with Crippen LogP contribution in [0.1, 0.15) is 48.9 Å². The van der Waals surface area contributed by atoms with Gasteiger partial charge in [0, 0.05) is 11.5 Å². The number of methoxy groups -OCH3 is 1. The maximum absolute atomic E-state index is 14.3. The number of ether oxygens (including phenoxy) is 2. The Kier molecular flexibility index (Phi) is 6.13. The fourth-order valence-corrected chi connectivity index (χ4v) is 8.03. The molecule has 208 valence electrons. The third-order valence-electron chi connectivity index (χ3n) is 8.63. The van der Waals surface area contributed by atoms with Gasteiger partial charge < -0.3 is 9.47 Å². The summed E-state index contributed by atoms with van der Waals surface area (Å²) in [6.07, 6.45) is 0. The number of hydrogen-bond donors (Lipinski definition) is 0. The summed E-state index contributed by atoms with van der Waals surface area (Å²) < 4.78 is 9.61. The van der Waals surface area contributed by atoms with E-state index in [1.807, 2.05) is 48.5 Å². The van der Waals surface area contributed by atoms with E-state index >= 15 is 0 Å². The Bertz CT molecular complexity index is 1750. The minimum absolute atomic E-state index is 0.0337. The van der Waals surface area contributed by atoms with Gasteiger partial charge >= 0.3 is 5.97 Å². The monoisotopic (exact) mass is 621 g/mol. The Hall–Kier alpha value is -4.56. The van der Waals surface area contributed by atoms with Crippen LogP contribution < -0.4 is 9.64 Å². The summed E-state index contributed by atoms with van der Waals surface area (Å²) in [5, 5.41) is 0. The number of alkyl halides is 1. The molecule has 0 radical (unpaired) electrons. The zero-order chi connectivity index (χ0) is 29.2. The summed E-state index contributed by atoms with van der Waals surface area (Å²) >= 11 is 3.99. The number of anilines is 1. The molecule has 2 bridgehead atoms. The highest BCUT2D eigenvalue weighted by Gasteiger charge is 2.67. The number of carbonyl (C=O) groups excluding carboxylic acids is 4. The van der Waals surface area contributed by atoms with Crippen LogP contribution in [0.2, 0.25) is 0 Å². The van der Waals surface area contributed by atoms with E-state index in [-0.39, 0.29) is 29.0 Å². The highest BCUT2D eigenvalue weighted by Crippen LogP contribution is 2.66. The molecule has 4 aromatic rings. The number of nitrogens with zero attached hydrogens (tertiary/aromatic N) is 1. The number of imide groups is 1. The minimum atomic E-state index is -0.901. The molecule has 2 atom stereocenters. The lowest BCUT2D eigenvalue weighted by Gasteiger charge is -2.51. The number of benzene rings is 4. The first-order chi connectivity index (χ1) is 20.4. The Labute approximate surface area is 250 Å². The van der Waals surface area contributed by atoms with Gasteiger partial charge in [0.15, 0.2) is 12.4 Å². The Balaban J connectivity index is 1.22. The molecule has 4 aliphatic rings. The van der Waals surface area contributed by atoms with E-state index in [1.165, 1.54) is 13.2 Å². The van der Waals surface area contributed by atoms with Crippen LogP contribution in [0, 0.1) is 11.8 Å². The van der Waals surface area contributed by atoms with Crippen LogP contribution in [0.3, 0.4) is 0 Å². The molecule has 1 heterocycles. The van der Waals surface area contributed by atoms with Gasteiger partial charge in [-0.05, 0) is 58.7 Å². The molecule has 3 aliphatic carbocycles. The molecule has 8 rings (SSSR count). The summed E-state index contributed by atoms with van der Waals surface area (Å²) in [6, 6.07) is 28.7. The molecule has 1 saturated heterocycles. The van der Waals surface area contributed by atoms with E-state index in [9.17, 15) is 19.2 Å². The van der Waals surface area contributed by atoms with Crippen LogP contribution in [0.15, 0.2) is 97.1 Å². The van der Waals surface area contributed by atoms with Crippen LogP contribution in [0.25, 0.3) is 0 Å². The first kappa shape index (κ1) is 26.3. The molecule has 0 N–H and O–H groups in total. The number of rotatable bonds is 6. The molecule has 7 nitrogen and oxygen atoms in total. The third-order valence-corrected chi connectivity index (χ3v) is 9.97. The Morgan fingerprint density at radius 1 is 0.810 bits per heavy atom. The van der Waals surface area contributed by atoms with Crippen molar-refractivity contribution in [2.45, 2.75) is 10.2 Å². The number of Topliss-reactive ketones (excluding diaryl/α,β-unsaturated/α-hetero) is 1. The number of esters is 1. The van der Waals surface area contributed by atoms with E-state index in [0.29, 0.717) is 11.3 Å². The lowest BCUT2D eigenvalue weighted by atomic mass is 9.55. The van der Waals surface area contributed by atoms with Crippen molar-refractivity contribution in [2.24, 2.45) is 11.8 Å². The van der Waals surface area contributed by atoms with Gasteiger partial charge in [0.25, 0.3) is 0 Å². The van der Waals surface area contributed by atoms with E-state index < -0.39 is 34.5 Å². The molecule has 0 unspecified atom stereocenters. The average molecular weight is 622 g/mol. The van der Waals surface area contributed by atoms with Crippen LogP contribution in [-0.4, -0.2) is 37.3 Å². The Morgan fingerprint density at radius 3 is 2.05 bits per heavy atom. The van der Waals surface area contributed by atoms with Crippen molar-refractivity contribution in [3.8, 4) is 5.75 Å². The Morgan fingerprint density at radius 2 is 1.40 bits per heavy atom. The van der Waals surface area contributed by atoms with E-state index in [1.54, 1.807) is 42.5 Å². The van der Waals surface area contributed by atoms with Crippen molar-refractivity contribution >= 4 is 45.2 Å². The topological polar surface area (TPSA) is 90.0 Å². The minimum Gasteiger partial charge on any atom is -0.497 e. The van der Waals surface area contributed by atoms with Gasteiger partial charge in [0.1, 0.15) is 5.75 Å². The molecular formula is C34H24BrNO6. The molecule has 2 amide bonds. The van der Waals surface area contributed by atoms with E-state index in [4.69, 9.17) is 9.47 Å². The first-order valence-electron chi connectivity index (χ1n) is 13.5. The van der Waals surface area contributed by atoms with Crippen LogP contribution >= 0.6 is 15.9 Å². The summed E-state index contributed by atoms with van der Waals surface area (Å²) in [6.45, 7) is -0.496. The maximum Gasteiger partial charge on any atom is 0.340 e. The van der Waals surface area contributed by atoms with Crippen LogP contribution in [0.4, 0.5) is 5.69 Å². The molecule has 1 fully saturated rings.